The van der Waals surface area contributed by atoms with Crippen LogP contribution in [0.2, 0.25) is 0 Å². The molecule has 0 aliphatic carbocycles. The Balaban J connectivity index is 2.36. The van der Waals surface area contributed by atoms with E-state index < -0.39 is 0 Å². The van der Waals surface area contributed by atoms with Gasteiger partial charge in [-0.2, -0.15) is 5.10 Å². The van der Waals surface area contributed by atoms with Crippen LogP contribution in [0.25, 0.3) is 0 Å². The van der Waals surface area contributed by atoms with Crippen molar-refractivity contribution in [2.45, 2.75) is 53.2 Å². The average molecular weight is 266 g/mol. The summed E-state index contributed by atoms with van der Waals surface area (Å²) in [5.74, 6) is 0.509. The van der Waals surface area contributed by atoms with Crippen LogP contribution in [0, 0.1) is 5.92 Å². The topological polar surface area (TPSA) is 59.0 Å². The summed E-state index contributed by atoms with van der Waals surface area (Å²) in [5, 5.41) is 10.5. The van der Waals surface area contributed by atoms with Crippen molar-refractivity contribution >= 4 is 5.91 Å². The lowest BCUT2D eigenvalue weighted by atomic mass is 10.2. The minimum absolute atomic E-state index is 0.0389. The Morgan fingerprint density at radius 1 is 1.32 bits per heavy atom. The second-order valence-corrected chi connectivity index (χ2v) is 5.62. The normalized spacial score (nSPS) is 13.0. The van der Waals surface area contributed by atoms with Crippen LogP contribution in [-0.2, 0) is 11.3 Å². The largest absolute Gasteiger partial charge is 0.354 e. The molecule has 0 saturated heterocycles. The first kappa shape index (κ1) is 15.7. The minimum atomic E-state index is -0.206. The SMILES string of the molecule is CC(C)CNC(=O)C(C)NCc1ccn(C(C)C)n1. The van der Waals surface area contributed by atoms with Gasteiger partial charge in [0.15, 0.2) is 0 Å². The number of nitrogens with one attached hydrogen (secondary N) is 2. The Bertz CT molecular complexity index is 398. The molecule has 1 unspecified atom stereocenters. The summed E-state index contributed by atoms with van der Waals surface area (Å²) in [5.41, 5.74) is 0.956. The molecule has 0 bridgehead atoms. The van der Waals surface area contributed by atoms with E-state index >= 15 is 0 Å². The zero-order valence-corrected chi connectivity index (χ0v) is 12.6. The number of amides is 1. The summed E-state index contributed by atoms with van der Waals surface area (Å²) in [4.78, 5) is 11.8. The monoisotopic (exact) mass is 266 g/mol. The van der Waals surface area contributed by atoms with Crippen LogP contribution in [0.4, 0.5) is 0 Å². The third kappa shape index (κ3) is 5.42. The van der Waals surface area contributed by atoms with Gasteiger partial charge < -0.3 is 10.6 Å². The number of hydrogen-bond acceptors (Lipinski definition) is 3. The second kappa shape index (κ2) is 7.28. The molecule has 5 heteroatoms. The molecule has 0 fully saturated rings. The predicted octanol–water partition coefficient (Wildman–Crippen LogP) is 1.71. The smallest absolute Gasteiger partial charge is 0.236 e. The Labute approximate surface area is 115 Å². The molecule has 0 aromatic carbocycles. The number of rotatable bonds is 7. The van der Waals surface area contributed by atoms with E-state index in [4.69, 9.17) is 0 Å². The minimum Gasteiger partial charge on any atom is -0.354 e. The molecule has 0 saturated carbocycles. The van der Waals surface area contributed by atoms with Crippen molar-refractivity contribution in [2.75, 3.05) is 6.54 Å². The predicted molar refractivity (Wildman–Crippen MR) is 76.8 cm³/mol. The molecule has 1 atom stereocenters. The van der Waals surface area contributed by atoms with Gasteiger partial charge in [-0.3, -0.25) is 9.48 Å². The van der Waals surface area contributed by atoms with Crippen LogP contribution in [0.3, 0.4) is 0 Å². The average Bonchev–Trinajstić information content (AvgIpc) is 2.81. The Hall–Kier alpha value is -1.36. The Morgan fingerprint density at radius 2 is 2.00 bits per heavy atom. The summed E-state index contributed by atoms with van der Waals surface area (Å²) >= 11 is 0. The van der Waals surface area contributed by atoms with Crippen molar-refractivity contribution in [3.63, 3.8) is 0 Å². The lowest BCUT2D eigenvalue weighted by Gasteiger charge is -2.14. The zero-order valence-electron chi connectivity index (χ0n) is 12.6. The lowest BCUT2D eigenvalue weighted by Crippen LogP contribution is -2.43. The summed E-state index contributed by atoms with van der Waals surface area (Å²) in [6.07, 6.45) is 1.96. The summed E-state index contributed by atoms with van der Waals surface area (Å²) in [7, 11) is 0. The van der Waals surface area contributed by atoms with Crippen molar-refractivity contribution in [3.8, 4) is 0 Å². The lowest BCUT2D eigenvalue weighted by molar-refractivity contribution is -0.122. The van der Waals surface area contributed by atoms with Gasteiger partial charge in [0.1, 0.15) is 0 Å². The quantitative estimate of drug-likeness (QED) is 0.790. The number of nitrogens with zero attached hydrogens (tertiary/aromatic N) is 2. The van der Waals surface area contributed by atoms with Crippen LogP contribution < -0.4 is 10.6 Å². The van der Waals surface area contributed by atoms with Gasteiger partial charge in [-0.25, -0.2) is 0 Å². The van der Waals surface area contributed by atoms with Gasteiger partial charge in [0.05, 0.1) is 11.7 Å². The molecule has 1 heterocycles. The first-order valence-corrected chi connectivity index (χ1v) is 6.95. The van der Waals surface area contributed by atoms with Gasteiger partial charge in [0.2, 0.25) is 5.91 Å². The highest BCUT2D eigenvalue weighted by Crippen LogP contribution is 2.04. The van der Waals surface area contributed by atoms with Gasteiger partial charge >= 0.3 is 0 Å². The molecule has 0 aliphatic rings. The molecule has 1 aromatic heterocycles. The number of carbonyl (C=O) groups excluding carboxylic acids is 1. The fourth-order valence-electron chi connectivity index (χ4n) is 1.57. The van der Waals surface area contributed by atoms with E-state index in [1.807, 2.05) is 23.9 Å². The molecule has 108 valence electrons. The number of aromatic nitrogens is 2. The maximum absolute atomic E-state index is 11.8. The van der Waals surface area contributed by atoms with Gasteiger partial charge in [0.25, 0.3) is 0 Å². The van der Waals surface area contributed by atoms with Crippen LogP contribution in [0.15, 0.2) is 12.3 Å². The van der Waals surface area contributed by atoms with E-state index in [-0.39, 0.29) is 11.9 Å². The van der Waals surface area contributed by atoms with Crippen molar-refractivity contribution in [2.24, 2.45) is 5.92 Å². The molecule has 19 heavy (non-hydrogen) atoms. The van der Waals surface area contributed by atoms with Crippen LogP contribution in [0.1, 0.15) is 46.4 Å². The van der Waals surface area contributed by atoms with Gasteiger partial charge in [-0.1, -0.05) is 13.8 Å². The van der Waals surface area contributed by atoms with Crippen molar-refractivity contribution in [1.29, 1.82) is 0 Å². The van der Waals surface area contributed by atoms with Gasteiger partial charge in [-0.05, 0) is 32.8 Å². The van der Waals surface area contributed by atoms with E-state index in [0.717, 1.165) is 5.69 Å². The molecule has 0 radical (unpaired) electrons. The van der Waals surface area contributed by atoms with Crippen LogP contribution in [0.5, 0.6) is 0 Å². The first-order chi connectivity index (χ1) is 8.90. The van der Waals surface area contributed by atoms with Gasteiger partial charge in [-0.15, -0.1) is 0 Å². The van der Waals surface area contributed by atoms with E-state index in [9.17, 15) is 4.79 Å². The van der Waals surface area contributed by atoms with Crippen molar-refractivity contribution < 1.29 is 4.79 Å². The summed E-state index contributed by atoms with van der Waals surface area (Å²) in [6.45, 7) is 11.5. The molecule has 1 amide bonds. The standard InChI is InChI=1S/C14H26N4O/c1-10(2)8-16-14(19)12(5)15-9-13-6-7-18(17-13)11(3)4/h6-7,10-12,15H,8-9H2,1-5H3,(H,16,19). The molecular formula is C14H26N4O. The van der Waals surface area contributed by atoms with E-state index in [1.165, 1.54) is 0 Å². The maximum atomic E-state index is 11.8. The van der Waals surface area contributed by atoms with Crippen LogP contribution >= 0.6 is 0 Å². The third-order valence-corrected chi connectivity index (χ3v) is 2.86. The van der Waals surface area contributed by atoms with Crippen molar-refractivity contribution in [3.05, 3.63) is 18.0 Å². The fourth-order valence-corrected chi connectivity index (χ4v) is 1.57. The highest BCUT2D eigenvalue weighted by Gasteiger charge is 2.12. The molecule has 1 rings (SSSR count). The van der Waals surface area contributed by atoms with E-state index in [2.05, 4.69) is 43.4 Å². The molecule has 1 aromatic rings. The number of carbonyl (C=O) groups is 1. The molecule has 2 N–H and O–H groups in total. The van der Waals surface area contributed by atoms with Crippen molar-refractivity contribution in [1.82, 2.24) is 20.4 Å². The van der Waals surface area contributed by atoms with Crippen LogP contribution in [-0.4, -0.2) is 28.3 Å². The van der Waals surface area contributed by atoms with Gasteiger partial charge in [0, 0.05) is 25.3 Å². The Morgan fingerprint density at radius 3 is 2.53 bits per heavy atom. The molecule has 5 nitrogen and oxygen atoms in total. The van der Waals surface area contributed by atoms with E-state index in [0.29, 0.717) is 25.0 Å². The fraction of sp³-hybridized carbons (Fsp3) is 0.714. The third-order valence-electron chi connectivity index (χ3n) is 2.86. The summed E-state index contributed by atoms with van der Waals surface area (Å²) < 4.78 is 1.92. The first-order valence-electron chi connectivity index (χ1n) is 6.95. The molecular weight excluding hydrogens is 240 g/mol. The maximum Gasteiger partial charge on any atom is 0.236 e. The number of hydrogen-bond donors (Lipinski definition) is 2. The zero-order chi connectivity index (χ0) is 14.4. The second-order valence-electron chi connectivity index (χ2n) is 5.62. The summed E-state index contributed by atoms with van der Waals surface area (Å²) in [6, 6.07) is 2.13. The highest BCUT2D eigenvalue weighted by atomic mass is 16.2. The highest BCUT2D eigenvalue weighted by molar-refractivity contribution is 5.81. The molecule has 0 spiro atoms. The Kier molecular flexibility index (Phi) is 6.02. The van der Waals surface area contributed by atoms with E-state index in [1.54, 1.807) is 0 Å². The molecule has 0 aliphatic heterocycles.